The van der Waals surface area contributed by atoms with Crippen LogP contribution in [0.2, 0.25) is 0 Å². The van der Waals surface area contributed by atoms with Crippen molar-refractivity contribution in [1.29, 1.82) is 0 Å². The van der Waals surface area contributed by atoms with Crippen molar-refractivity contribution in [3.63, 3.8) is 0 Å². The highest BCUT2D eigenvalue weighted by molar-refractivity contribution is 5.70. The Kier molecular flexibility index (Phi) is 3.36. The predicted octanol–water partition coefficient (Wildman–Crippen LogP) is 1.04. The van der Waals surface area contributed by atoms with Gasteiger partial charge in [0.25, 0.3) is 0 Å². The summed E-state index contributed by atoms with van der Waals surface area (Å²) < 4.78 is 5.13. The molecular weight excluding hydrogens is 208 g/mol. The van der Waals surface area contributed by atoms with Crippen molar-refractivity contribution in [2.24, 2.45) is 0 Å². The fraction of sp³-hybridized carbons (Fsp3) is 0.455. The Bertz CT molecular complexity index is 348. The molecule has 0 bridgehead atoms. The number of hydrogen-bond acceptors (Lipinski definition) is 4. The molecule has 16 heavy (non-hydrogen) atoms. The average Bonchev–Trinajstić information content (AvgIpc) is 2.31. The van der Waals surface area contributed by atoms with Crippen molar-refractivity contribution in [3.8, 4) is 5.75 Å². The second kappa shape index (κ2) is 4.94. The zero-order valence-corrected chi connectivity index (χ0v) is 8.87. The fourth-order valence-corrected chi connectivity index (χ4v) is 1.62. The molecule has 2 rings (SSSR count). The predicted molar refractivity (Wildman–Crippen MR) is 57.1 cm³/mol. The lowest BCUT2D eigenvalue weighted by molar-refractivity contribution is 0.0797. The number of ether oxygens (including phenoxy) is 1. The number of aliphatic hydroxyl groups excluding tert-OH is 1. The first kappa shape index (κ1) is 10.9. The Morgan fingerprint density at radius 3 is 2.88 bits per heavy atom. The van der Waals surface area contributed by atoms with Gasteiger partial charge < -0.3 is 14.7 Å². The van der Waals surface area contributed by atoms with Crippen LogP contribution in [-0.4, -0.2) is 40.3 Å². The maximum Gasteiger partial charge on any atom is 0.415 e. The van der Waals surface area contributed by atoms with E-state index in [-0.39, 0.29) is 12.2 Å². The molecule has 1 saturated heterocycles. The summed E-state index contributed by atoms with van der Waals surface area (Å²) in [5.74, 6) is 0.443. The monoisotopic (exact) mass is 222 g/mol. The van der Waals surface area contributed by atoms with Crippen molar-refractivity contribution < 1.29 is 14.6 Å². The third-order valence-corrected chi connectivity index (χ3v) is 2.56. The third-order valence-electron chi connectivity index (χ3n) is 2.56. The van der Waals surface area contributed by atoms with E-state index in [9.17, 15) is 9.90 Å². The molecule has 0 aliphatic carbocycles. The normalized spacial score (nSPS) is 17.2. The highest BCUT2D eigenvalue weighted by Gasteiger charge is 2.22. The van der Waals surface area contributed by atoms with Crippen LogP contribution in [0.4, 0.5) is 4.79 Å². The Hall–Kier alpha value is -1.62. The van der Waals surface area contributed by atoms with Gasteiger partial charge in [0.15, 0.2) is 5.75 Å². The summed E-state index contributed by atoms with van der Waals surface area (Å²) in [6.07, 6.45) is 3.68. The number of piperidine rings is 1. The first-order chi connectivity index (χ1) is 7.75. The average molecular weight is 222 g/mol. The maximum atomic E-state index is 11.7. The van der Waals surface area contributed by atoms with Crippen LogP contribution in [0, 0.1) is 0 Å². The Balaban J connectivity index is 1.89. The van der Waals surface area contributed by atoms with E-state index in [0.717, 1.165) is 0 Å². The van der Waals surface area contributed by atoms with E-state index in [1.54, 1.807) is 23.2 Å². The van der Waals surface area contributed by atoms with E-state index in [1.807, 2.05) is 0 Å². The first-order valence-corrected chi connectivity index (χ1v) is 5.30. The fourth-order valence-electron chi connectivity index (χ4n) is 1.62. The molecule has 1 fully saturated rings. The number of amides is 1. The van der Waals surface area contributed by atoms with Crippen LogP contribution in [0.1, 0.15) is 12.8 Å². The number of likely N-dealkylation sites (tertiary alicyclic amines) is 1. The van der Waals surface area contributed by atoms with Crippen molar-refractivity contribution >= 4 is 6.09 Å². The molecule has 5 heteroatoms. The van der Waals surface area contributed by atoms with Gasteiger partial charge in [0.1, 0.15) is 0 Å². The maximum absolute atomic E-state index is 11.7. The number of pyridine rings is 1. The second-order valence-electron chi connectivity index (χ2n) is 3.77. The van der Waals surface area contributed by atoms with Crippen LogP contribution in [0.25, 0.3) is 0 Å². The van der Waals surface area contributed by atoms with Gasteiger partial charge in [-0.25, -0.2) is 4.79 Å². The lowest BCUT2D eigenvalue weighted by Gasteiger charge is -2.28. The Labute approximate surface area is 93.7 Å². The molecule has 5 nitrogen and oxygen atoms in total. The van der Waals surface area contributed by atoms with Crippen molar-refractivity contribution in [2.45, 2.75) is 18.9 Å². The van der Waals surface area contributed by atoms with E-state index >= 15 is 0 Å². The standard InChI is InChI=1S/C11H14N2O3/c14-9-3-6-13(7-4-9)11(15)16-10-2-1-5-12-8-10/h1-2,5,8-9,14H,3-4,6-7H2. The third kappa shape index (κ3) is 2.70. The minimum Gasteiger partial charge on any atom is -0.409 e. The summed E-state index contributed by atoms with van der Waals surface area (Å²) in [6.45, 7) is 1.08. The molecule has 1 aromatic heterocycles. The largest absolute Gasteiger partial charge is 0.415 e. The van der Waals surface area contributed by atoms with E-state index in [2.05, 4.69) is 4.98 Å². The zero-order valence-electron chi connectivity index (χ0n) is 8.87. The SMILES string of the molecule is O=C(Oc1cccnc1)N1CCC(O)CC1. The van der Waals surface area contributed by atoms with Crippen molar-refractivity contribution in [1.82, 2.24) is 9.88 Å². The number of aliphatic hydroxyl groups is 1. The van der Waals surface area contributed by atoms with Crippen LogP contribution in [0.15, 0.2) is 24.5 Å². The van der Waals surface area contributed by atoms with Crippen molar-refractivity contribution in [2.75, 3.05) is 13.1 Å². The van der Waals surface area contributed by atoms with Crippen LogP contribution in [0.5, 0.6) is 5.75 Å². The highest BCUT2D eigenvalue weighted by Crippen LogP contribution is 2.13. The van der Waals surface area contributed by atoms with Gasteiger partial charge in [-0.1, -0.05) is 0 Å². The quantitative estimate of drug-likeness (QED) is 0.771. The number of carbonyl (C=O) groups is 1. The Morgan fingerprint density at radius 2 is 2.25 bits per heavy atom. The van der Waals surface area contributed by atoms with E-state index in [0.29, 0.717) is 31.7 Å². The molecule has 0 spiro atoms. The minimum atomic E-state index is -0.375. The van der Waals surface area contributed by atoms with Crippen molar-refractivity contribution in [3.05, 3.63) is 24.5 Å². The van der Waals surface area contributed by atoms with Gasteiger partial charge in [0, 0.05) is 19.3 Å². The molecule has 1 aliphatic rings. The molecule has 1 amide bonds. The van der Waals surface area contributed by atoms with Crippen LogP contribution < -0.4 is 4.74 Å². The first-order valence-electron chi connectivity index (χ1n) is 5.30. The summed E-state index contributed by atoms with van der Waals surface area (Å²) in [5.41, 5.74) is 0. The smallest absolute Gasteiger partial charge is 0.409 e. The molecule has 0 radical (unpaired) electrons. The van der Waals surface area contributed by atoms with Crippen LogP contribution in [0.3, 0.4) is 0 Å². The molecule has 0 saturated carbocycles. The van der Waals surface area contributed by atoms with E-state index < -0.39 is 0 Å². The summed E-state index contributed by atoms with van der Waals surface area (Å²) in [6, 6.07) is 3.40. The number of rotatable bonds is 1. The molecular formula is C11H14N2O3. The number of nitrogens with zero attached hydrogens (tertiary/aromatic N) is 2. The minimum absolute atomic E-state index is 0.289. The molecule has 86 valence electrons. The topological polar surface area (TPSA) is 62.7 Å². The van der Waals surface area contributed by atoms with Gasteiger partial charge in [-0.05, 0) is 25.0 Å². The molecule has 0 unspecified atom stereocenters. The summed E-state index contributed by atoms with van der Waals surface area (Å²) in [4.78, 5) is 17.1. The number of carbonyl (C=O) groups excluding carboxylic acids is 1. The zero-order chi connectivity index (χ0) is 11.4. The van der Waals surface area contributed by atoms with E-state index in [1.165, 1.54) is 6.20 Å². The molecule has 0 atom stereocenters. The lowest BCUT2D eigenvalue weighted by atomic mass is 10.1. The number of hydrogen-bond donors (Lipinski definition) is 1. The van der Waals surface area contributed by atoms with Gasteiger partial charge in [0.05, 0.1) is 12.3 Å². The molecule has 0 aromatic carbocycles. The lowest BCUT2D eigenvalue weighted by Crippen LogP contribution is -2.41. The van der Waals surface area contributed by atoms with Gasteiger partial charge in [-0.2, -0.15) is 0 Å². The summed E-state index contributed by atoms with van der Waals surface area (Å²) >= 11 is 0. The molecule has 1 aromatic rings. The van der Waals surface area contributed by atoms with Crippen LogP contribution >= 0.6 is 0 Å². The molecule has 2 heterocycles. The van der Waals surface area contributed by atoms with Gasteiger partial charge in [-0.3, -0.25) is 4.98 Å². The van der Waals surface area contributed by atoms with Gasteiger partial charge in [-0.15, -0.1) is 0 Å². The number of aromatic nitrogens is 1. The molecule has 1 aliphatic heterocycles. The van der Waals surface area contributed by atoms with Crippen LogP contribution in [-0.2, 0) is 0 Å². The van der Waals surface area contributed by atoms with Gasteiger partial charge in [0.2, 0.25) is 0 Å². The van der Waals surface area contributed by atoms with Gasteiger partial charge >= 0.3 is 6.09 Å². The summed E-state index contributed by atoms with van der Waals surface area (Å²) in [7, 11) is 0. The molecule has 1 N–H and O–H groups in total. The highest BCUT2D eigenvalue weighted by atomic mass is 16.6. The van der Waals surface area contributed by atoms with E-state index in [4.69, 9.17) is 4.74 Å². The second-order valence-corrected chi connectivity index (χ2v) is 3.77. The Morgan fingerprint density at radius 1 is 1.50 bits per heavy atom. The summed E-state index contributed by atoms with van der Waals surface area (Å²) in [5, 5.41) is 9.31.